The summed E-state index contributed by atoms with van der Waals surface area (Å²) in [7, 11) is 3.22. The second kappa shape index (κ2) is 6.07. The summed E-state index contributed by atoms with van der Waals surface area (Å²) in [5, 5.41) is 8.03. The Labute approximate surface area is 122 Å². The lowest BCUT2D eigenvalue weighted by atomic mass is 10.2. The van der Waals surface area contributed by atoms with Crippen molar-refractivity contribution in [3.63, 3.8) is 0 Å². The molecule has 0 saturated carbocycles. The molecule has 1 N–H and O–H groups in total. The predicted octanol–water partition coefficient (Wildman–Crippen LogP) is 2.34. The number of ether oxygens (including phenoxy) is 1. The number of hydrogen-bond acceptors (Lipinski definition) is 4. The number of rotatable bonds is 4. The van der Waals surface area contributed by atoms with E-state index in [0.717, 1.165) is 17.8 Å². The SMILES string of the molecule is CNCc1cn(-c2cc(C(=O)OC)ccc2Cl)nc1C. The summed E-state index contributed by atoms with van der Waals surface area (Å²) in [5.41, 5.74) is 3.08. The first-order valence-corrected chi connectivity index (χ1v) is 6.52. The molecule has 1 aromatic heterocycles. The molecule has 0 fully saturated rings. The van der Waals surface area contributed by atoms with E-state index in [0.29, 0.717) is 16.3 Å². The number of hydrogen-bond donors (Lipinski definition) is 1. The number of carbonyl (C=O) groups is 1. The zero-order chi connectivity index (χ0) is 14.7. The van der Waals surface area contributed by atoms with Gasteiger partial charge < -0.3 is 10.1 Å². The summed E-state index contributed by atoms with van der Waals surface area (Å²) < 4.78 is 6.39. The third kappa shape index (κ3) is 2.84. The minimum absolute atomic E-state index is 0.401. The number of nitrogens with one attached hydrogen (secondary N) is 1. The van der Waals surface area contributed by atoms with Gasteiger partial charge in [-0.25, -0.2) is 9.48 Å². The largest absolute Gasteiger partial charge is 0.465 e. The highest BCUT2D eigenvalue weighted by molar-refractivity contribution is 6.32. The van der Waals surface area contributed by atoms with Crippen LogP contribution in [0, 0.1) is 6.92 Å². The van der Waals surface area contributed by atoms with Crippen LogP contribution >= 0.6 is 11.6 Å². The fourth-order valence-corrected chi connectivity index (χ4v) is 2.12. The van der Waals surface area contributed by atoms with Crippen LogP contribution in [0.5, 0.6) is 0 Å². The topological polar surface area (TPSA) is 56.2 Å². The maximum absolute atomic E-state index is 11.6. The first-order valence-electron chi connectivity index (χ1n) is 6.14. The molecule has 0 aliphatic rings. The van der Waals surface area contributed by atoms with E-state index in [-0.39, 0.29) is 0 Å². The van der Waals surface area contributed by atoms with Crippen LogP contribution in [-0.4, -0.2) is 29.9 Å². The molecule has 1 heterocycles. The van der Waals surface area contributed by atoms with Crippen molar-refractivity contribution in [2.75, 3.05) is 14.2 Å². The van der Waals surface area contributed by atoms with Gasteiger partial charge in [-0.1, -0.05) is 11.6 Å². The Hall–Kier alpha value is -1.85. The highest BCUT2D eigenvalue weighted by atomic mass is 35.5. The molecule has 2 rings (SSSR count). The number of carbonyl (C=O) groups excluding carboxylic acids is 1. The van der Waals surface area contributed by atoms with Crippen molar-refractivity contribution in [3.05, 3.63) is 46.2 Å². The maximum atomic E-state index is 11.6. The summed E-state index contributed by atoms with van der Waals surface area (Å²) in [6.07, 6.45) is 1.90. The zero-order valence-electron chi connectivity index (χ0n) is 11.6. The number of halogens is 1. The van der Waals surface area contributed by atoms with Crippen LogP contribution in [0.15, 0.2) is 24.4 Å². The summed E-state index contributed by atoms with van der Waals surface area (Å²) in [5.74, 6) is -0.401. The monoisotopic (exact) mass is 293 g/mol. The molecule has 0 bridgehead atoms. The van der Waals surface area contributed by atoms with Gasteiger partial charge in [0.05, 0.1) is 29.1 Å². The third-order valence-corrected chi connectivity index (χ3v) is 3.30. The van der Waals surface area contributed by atoms with Gasteiger partial charge in [-0.15, -0.1) is 0 Å². The van der Waals surface area contributed by atoms with Crippen LogP contribution in [0.25, 0.3) is 5.69 Å². The summed E-state index contributed by atoms with van der Waals surface area (Å²) in [6, 6.07) is 4.96. The van der Waals surface area contributed by atoms with E-state index in [1.165, 1.54) is 7.11 Å². The van der Waals surface area contributed by atoms with Crippen molar-refractivity contribution in [1.82, 2.24) is 15.1 Å². The molecule has 0 spiro atoms. The van der Waals surface area contributed by atoms with E-state index in [1.807, 2.05) is 20.2 Å². The fourth-order valence-electron chi connectivity index (χ4n) is 1.92. The lowest BCUT2D eigenvalue weighted by Crippen LogP contribution is -2.05. The van der Waals surface area contributed by atoms with E-state index in [1.54, 1.807) is 22.9 Å². The number of methoxy groups -OCH3 is 1. The van der Waals surface area contributed by atoms with Gasteiger partial charge in [-0.2, -0.15) is 5.10 Å². The molecule has 106 valence electrons. The smallest absolute Gasteiger partial charge is 0.337 e. The van der Waals surface area contributed by atoms with E-state index in [4.69, 9.17) is 16.3 Å². The molecule has 0 aliphatic heterocycles. The first kappa shape index (κ1) is 14.6. The molecular weight excluding hydrogens is 278 g/mol. The molecule has 2 aromatic rings. The van der Waals surface area contributed by atoms with Crippen LogP contribution in [0.4, 0.5) is 0 Å². The normalized spacial score (nSPS) is 10.6. The fraction of sp³-hybridized carbons (Fsp3) is 0.286. The van der Waals surface area contributed by atoms with E-state index < -0.39 is 5.97 Å². The Kier molecular flexibility index (Phi) is 4.42. The summed E-state index contributed by atoms with van der Waals surface area (Å²) in [6.45, 7) is 2.65. The second-order valence-electron chi connectivity index (χ2n) is 4.37. The van der Waals surface area contributed by atoms with Gasteiger partial charge in [0, 0.05) is 18.3 Å². The molecule has 20 heavy (non-hydrogen) atoms. The number of aryl methyl sites for hydroxylation is 1. The number of esters is 1. The van der Waals surface area contributed by atoms with E-state index in [2.05, 4.69) is 10.4 Å². The second-order valence-corrected chi connectivity index (χ2v) is 4.78. The quantitative estimate of drug-likeness (QED) is 0.879. The molecule has 0 radical (unpaired) electrons. The molecule has 0 saturated heterocycles. The zero-order valence-corrected chi connectivity index (χ0v) is 12.4. The number of nitrogens with zero attached hydrogens (tertiary/aromatic N) is 2. The highest BCUT2D eigenvalue weighted by Crippen LogP contribution is 2.23. The van der Waals surface area contributed by atoms with Gasteiger partial charge in [0.25, 0.3) is 0 Å². The highest BCUT2D eigenvalue weighted by Gasteiger charge is 2.12. The minimum atomic E-state index is -0.401. The third-order valence-electron chi connectivity index (χ3n) is 2.98. The van der Waals surface area contributed by atoms with Crippen LogP contribution in [-0.2, 0) is 11.3 Å². The lowest BCUT2D eigenvalue weighted by molar-refractivity contribution is 0.0600. The Morgan fingerprint density at radius 3 is 2.90 bits per heavy atom. The van der Waals surface area contributed by atoms with Crippen LogP contribution in [0.1, 0.15) is 21.6 Å². The van der Waals surface area contributed by atoms with Crippen LogP contribution in [0.2, 0.25) is 5.02 Å². The Morgan fingerprint density at radius 1 is 1.50 bits per heavy atom. The lowest BCUT2D eigenvalue weighted by Gasteiger charge is -2.06. The first-order chi connectivity index (χ1) is 9.56. The molecule has 6 heteroatoms. The Bertz CT molecular complexity index is 637. The Balaban J connectivity index is 2.46. The van der Waals surface area contributed by atoms with Gasteiger partial charge >= 0.3 is 5.97 Å². The van der Waals surface area contributed by atoms with Crippen molar-refractivity contribution in [3.8, 4) is 5.69 Å². The van der Waals surface area contributed by atoms with Crippen LogP contribution in [0.3, 0.4) is 0 Å². The minimum Gasteiger partial charge on any atom is -0.465 e. The number of aromatic nitrogens is 2. The maximum Gasteiger partial charge on any atom is 0.337 e. The van der Waals surface area contributed by atoms with E-state index in [9.17, 15) is 4.79 Å². The molecule has 0 aliphatic carbocycles. The van der Waals surface area contributed by atoms with Crippen molar-refractivity contribution in [2.45, 2.75) is 13.5 Å². The summed E-state index contributed by atoms with van der Waals surface area (Å²) in [4.78, 5) is 11.6. The molecule has 1 aromatic carbocycles. The van der Waals surface area contributed by atoms with Gasteiger partial charge in [0.2, 0.25) is 0 Å². The van der Waals surface area contributed by atoms with Gasteiger partial charge in [0.1, 0.15) is 0 Å². The van der Waals surface area contributed by atoms with Gasteiger partial charge in [-0.05, 0) is 32.2 Å². The summed E-state index contributed by atoms with van der Waals surface area (Å²) >= 11 is 6.19. The van der Waals surface area contributed by atoms with Crippen molar-refractivity contribution >= 4 is 17.6 Å². The van der Waals surface area contributed by atoms with Gasteiger partial charge in [-0.3, -0.25) is 0 Å². The average Bonchev–Trinajstić information content (AvgIpc) is 2.80. The Morgan fingerprint density at radius 2 is 2.25 bits per heavy atom. The molecule has 5 nitrogen and oxygen atoms in total. The van der Waals surface area contributed by atoms with Gasteiger partial charge in [0.15, 0.2) is 0 Å². The molecule has 0 atom stereocenters. The average molecular weight is 294 g/mol. The molecule has 0 unspecified atom stereocenters. The van der Waals surface area contributed by atoms with Crippen LogP contribution < -0.4 is 5.32 Å². The molecule has 0 amide bonds. The van der Waals surface area contributed by atoms with Crippen molar-refractivity contribution < 1.29 is 9.53 Å². The molecular formula is C14H16ClN3O2. The predicted molar refractivity (Wildman–Crippen MR) is 77.4 cm³/mol. The van der Waals surface area contributed by atoms with Crippen molar-refractivity contribution in [2.24, 2.45) is 0 Å². The van der Waals surface area contributed by atoms with E-state index >= 15 is 0 Å². The standard InChI is InChI=1S/C14H16ClN3O2/c1-9-11(7-16-2)8-18(17-9)13-6-10(14(19)20-3)4-5-12(13)15/h4-6,8,16H,7H2,1-3H3. The number of benzene rings is 1. The van der Waals surface area contributed by atoms with Crippen molar-refractivity contribution in [1.29, 1.82) is 0 Å².